The number of thiocarbonyl (C=S) groups is 1. The highest BCUT2D eigenvalue weighted by atomic mass is 32.2. The van der Waals surface area contributed by atoms with Gasteiger partial charge in [0, 0.05) is 56.6 Å². The Morgan fingerprint density at radius 1 is 0.857 bits per heavy atom. The van der Waals surface area contributed by atoms with Gasteiger partial charge in [0.1, 0.15) is 15.8 Å². The molecular weight excluding hydrogens is 683 g/mol. The highest BCUT2D eigenvalue weighted by molar-refractivity contribution is 8.30. The average molecular weight is 718 g/mol. The fourth-order valence-corrected chi connectivity index (χ4v) is 7.17. The molecule has 4 aromatic rings. The number of hydrogen-bond acceptors (Lipinski definition) is 11. The molecule has 0 radical (unpaired) electrons. The maximum atomic E-state index is 13.3. The Hall–Kier alpha value is -4.89. The molecule has 254 valence electrons. The summed E-state index contributed by atoms with van der Waals surface area (Å²) in [4.78, 5) is 55.1. The topological polar surface area (TPSA) is 108 Å². The van der Waals surface area contributed by atoms with E-state index in [9.17, 15) is 19.5 Å². The quantitative estimate of drug-likeness (QED) is 0.128. The molecule has 5 rings (SSSR count). The number of thiazole rings is 1. The van der Waals surface area contributed by atoms with Gasteiger partial charge in [-0.25, -0.2) is 4.99 Å². The molecule has 0 bridgehead atoms. The second-order valence-electron chi connectivity index (χ2n) is 11.1. The number of amides is 1. The fraction of sp³-hybridized carbons (Fsp3) is 0.200. The molecule has 11 nitrogen and oxygen atoms in total. The van der Waals surface area contributed by atoms with E-state index in [-0.39, 0.29) is 25.0 Å². The van der Waals surface area contributed by atoms with Crippen LogP contribution in [0.4, 0.5) is 28.4 Å². The molecule has 1 saturated heterocycles. The van der Waals surface area contributed by atoms with Crippen LogP contribution in [0, 0.1) is 0 Å². The number of thioether (sulfide) groups is 1. The Balaban J connectivity index is 1.46. The van der Waals surface area contributed by atoms with Gasteiger partial charge < -0.3 is 19.8 Å². The number of anilines is 5. The van der Waals surface area contributed by atoms with Crippen LogP contribution in [0.15, 0.2) is 83.7 Å². The first kappa shape index (κ1) is 35.4. The van der Waals surface area contributed by atoms with Crippen molar-refractivity contribution in [2.45, 2.75) is 6.92 Å². The summed E-state index contributed by atoms with van der Waals surface area (Å²) in [6.07, 6.45) is 5.23. The lowest BCUT2D eigenvalue weighted by molar-refractivity contribution is -0.293. The fourth-order valence-electron chi connectivity index (χ4n) is 4.82. The summed E-state index contributed by atoms with van der Waals surface area (Å²) < 4.78 is 1.40. The second kappa shape index (κ2) is 15.6. The lowest BCUT2D eigenvalue weighted by atomic mass is 10.1. The minimum Gasteiger partial charge on any atom is -0.480 e. The van der Waals surface area contributed by atoms with Crippen molar-refractivity contribution >= 4 is 97.0 Å². The maximum Gasteiger partial charge on any atom is 0.323 e. The zero-order chi connectivity index (χ0) is 35.2. The Morgan fingerprint density at radius 3 is 1.86 bits per heavy atom. The third kappa shape index (κ3) is 8.05. The number of rotatable bonds is 12. The highest BCUT2D eigenvalue weighted by Crippen LogP contribution is 2.36. The lowest BCUT2D eigenvalue weighted by Gasteiger charge is -2.27. The largest absolute Gasteiger partial charge is 0.480 e. The van der Waals surface area contributed by atoms with Gasteiger partial charge in [-0.05, 0) is 79.2 Å². The summed E-state index contributed by atoms with van der Waals surface area (Å²) in [5, 5.41) is 9.19. The summed E-state index contributed by atoms with van der Waals surface area (Å²) >= 11 is 7.14. The van der Waals surface area contributed by atoms with E-state index in [1.54, 1.807) is 19.1 Å². The van der Waals surface area contributed by atoms with Crippen molar-refractivity contribution in [2.75, 3.05) is 56.0 Å². The van der Waals surface area contributed by atoms with Gasteiger partial charge in [0.2, 0.25) is 0 Å². The van der Waals surface area contributed by atoms with Crippen molar-refractivity contribution in [1.82, 2.24) is 9.63 Å². The molecule has 3 aromatic carbocycles. The minimum atomic E-state index is -1.20. The van der Waals surface area contributed by atoms with E-state index >= 15 is 0 Å². The molecule has 0 spiro atoms. The molecule has 49 heavy (non-hydrogen) atoms. The Morgan fingerprint density at radius 2 is 1.37 bits per heavy atom. The zero-order valence-corrected chi connectivity index (χ0v) is 30.0. The van der Waals surface area contributed by atoms with Crippen molar-refractivity contribution in [3.63, 3.8) is 0 Å². The molecule has 1 aliphatic rings. The van der Waals surface area contributed by atoms with Crippen LogP contribution in [0.5, 0.6) is 0 Å². The normalized spacial score (nSPS) is 14.6. The van der Waals surface area contributed by atoms with Gasteiger partial charge in [-0.15, -0.1) is 11.3 Å². The molecule has 0 aliphatic carbocycles. The molecule has 1 aliphatic heterocycles. The van der Waals surface area contributed by atoms with Crippen LogP contribution in [0.25, 0.3) is 17.1 Å². The van der Waals surface area contributed by atoms with Crippen LogP contribution >= 0.6 is 35.3 Å². The van der Waals surface area contributed by atoms with Gasteiger partial charge in [0.25, 0.3) is 5.91 Å². The number of nitrogens with zero attached hydrogens (tertiary/aromatic N) is 5. The van der Waals surface area contributed by atoms with E-state index in [1.807, 2.05) is 58.5 Å². The summed E-state index contributed by atoms with van der Waals surface area (Å²) in [7, 11) is 8.06. The second-order valence-corrected chi connectivity index (χ2v) is 13.8. The smallest absolute Gasteiger partial charge is 0.323 e. The van der Waals surface area contributed by atoms with Crippen LogP contribution < -0.4 is 34.4 Å². The van der Waals surface area contributed by atoms with Gasteiger partial charge in [0.05, 0.1) is 11.1 Å². The molecule has 1 N–H and O–H groups in total. The van der Waals surface area contributed by atoms with Gasteiger partial charge >= 0.3 is 11.5 Å². The molecule has 1 fully saturated rings. The van der Waals surface area contributed by atoms with E-state index in [2.05, 4.69) is 63.2 Å². The average Bonchev–Trinajstić information content (AvgIpc) is 3.54. The first-order valence-electron chi connectivity index (χ1n) is 15.1. The van der Waals surface area contributed by atoms with Crippen LogP contribution in [0.1, 0.15) is 12.5 Å². The Labute approximate surface area is 297 Å². The summed E-state index contributed by atoms with van der Waals surface area (Å²) in [5.41, 5.74) is 5.58. The number of benzene rings is 3. The van der Waals surface area contributed by atoms with Gasteiger partial charge in [0.15, 0.2) is 4.66 Å². The van der Waals surface area contributed by atoms with E-state index in [1.165, 1.54) is 0 Å². The minimum absolute atomic E-state index is 0.0785. The van der Waals surface area contributed by atoms with Gasteiger partial charge in [-0.1, -0.05) is 53.0 Å². The molecule has 0 atom stereocenters. The van der Waals surface area contributed by atoms with Crippen molar-refractivity contribution in [3.05, 3.63) is 104 Å². The van der Waals surface area contributed by atoms with Gasteiger partial charge in [-0.2, -0.15) is 4.89 Å². The Kier molecular flexibility index (Phi) is 11.2. The Bertz CT molecular complexity index is 2000. The van der Waals surface area contributed by atoms with Crippen molar-refractivity contribution in [1.29, 1.82) is 0 Å². The van der Waals surface area contributed by atoms with E-state index in [4.69, 9.17) is 22.1 Å². The van der Waals surface area contributed by atoms with E-state index in [0.717, 1.165) is 66.7 Å². The van der Waals surface area contributed by atoms with Crippen LogP contribution in [-0.2, 0) is 14.5 Å². The predicted molar refractivity (Wildman–Crippen MR) is 202 cm³/mol. The molecular formula is C35H35N5O6S3. The summed E-state index contributed by atoms with van der Waals surface area (Å²) in [5.74, 6) is -1.82. The van der Waals surface area contributed by atoms with Gasteiger partial charge in [-0.3, -0.25) is 19.3 Å². The van der Waals surface area contributed by atoms with Crippen LogP contribution in [0.2, 0.25) is 0 Å². The number of allylic oxidation sites excluding steroid dienone is 1. The van der Waals surface area contributed by atoms with E-state index in [0.29, 0.717) is 0 Å². The lowest BCUT2D eigenvalue weighted by Crippen LogP contribution is -2.38. The number of aromatic nitrogens is 1. The third-order valence-electron chi connectivity index (χ3n) is 7.30. The highest BCUT2D eigenvalue weighted by Gasteiger charge is 2.35. The first-order chi connectivity index (χ1) is 23.5. The van der Waals surface area contributed by atoms with Crippen molar-refractivity contribution < 1.29 is 24.6 Å². The molecule has 14 heteroatoms. The predicted octanol–water partition coefficient (Wildman–Crippen LogP) is 4.44. The number of carbonyl (C=O) groups excluding carboxylic acids is 1. The van der Waals surface area contributed by atoms with Crippen LogP contribution in [0.3, 0.4) is 0 Å². The number of aliphatic carboxylic acids is 1. The van der Waals surface area contributed by atoms with Crippen LogP contribution in [-0.4, -0.2) is 72.3 Å². The summed E-state index contributed by atoms with van der Waals surface area (Å²) in [6, 6.07) is 24.8. The van der Waals surface area contributed by atoms with Crippen molar-refractivity contribution in [3.8, 4) is 0 Å². The van der Waals surface area contributed by atoms with Crippen molar-refractivity contribution in [2.24, 2.45) is 0 Å². The number of hydrogen-bond donors (Lipinski definition) is 1. The number of carboxylic acids is 1. The molecule has 2 heterocycles. The SMILES string of the molecule is CCOOn1c(=O)/c(=C\C=C\c2ccc(N(c3ccc(N(C)C)cc3)c3ccc(N(C)C)cc3)cc2)s/c1=C1\SC(=S)N(CC(=O)O)C1=O. The summed E-state index contributed by atoms with van der Waals surface area (Å²) in [6.45, 7) is 1.25. The monoisotopic (exact) mass is 717 g/mol. The standard InChI is InChI=1S/C35H35N5O6S3/c1-6-45-46-40-32(43)29(48-34(40)31-33(44)38(22-30(41)42)35(47)49-31)9-7-8-23-10-12-26(13-11-23)39(27-18-14-24(15-19-27)36(2)3)28-20-16-25(17-21-28)37(4)5/h7-21H,6,22H2,1-5H3,(H,41,42)/b8-7+,29-9+,34-31-. The zero-order valence-electron chi connectivity index (χ0n) is 27.5. The molecule has 0 saturated carbocycles. The molecule has 1 aromatic heterocycles. The number of carboxylic acid groups (broad SMARTS) is 1. The number of carbonyl (C=O) groups is 2. The molecule has 0 unspecified atom stereocenters. The first-order valence-corrected chi connectivity index (χ1v) is 17.2. The molecule has 1 amide bonds. The van der Waals surface area contributed by atoms with E-state index < -0.39 is 24.0 Å². The maximum absolute atomic E-state index is 13.3. The third-order valence-corrected chi connectivity index (χ3v) is 9.96.